The number of aromatic amines is 1. The zero-order valence-electron chi connectivity index (χ0n) is 14.8. The Morgan fingerprint density at radius 3 is 2.52 bits per heavy atom. The molecule has 0 unspecified atom stereocenters. The van der Waals surface area contributed by atoms with Crippen LogP contribution in [-0.4, -0.2) is 28.7 Å². The van der Waals surface area contributed by atoms with Gasteiger partial charge < -0.3 is 5.11 Å². The lowest BCUT2D eigenvalue weighted by Gasteiger charge is -2.14. The molecule has 7 nitrogen and oxygen atoms in total. The van der Waals surface area contributed by atoms with E-state index in [1.807, 2.05) is 0 Å². The van der Waals surface area contributed by atoms with Crippen molar-refractivity contribution < 1.29 is 17.9 Å². The molecule has 4 aromatic rings. The molecule has 1 heterocycles. The fraction of sp³-hybridized carbons (Fsp3) is 0.0526. The smallest absolute Gasteiger partial charge is 0.236 e. The summed E-state index contributed by atoms with van der Waals surface area (Å²) in [5.41, 5.74) is 0.778. The summed E-state index contributed by atoms with van der Waals surface area (Å²) < 4.78 is 41.1. The number of sulfonamides is 1. The van der Waals surface area contributed by atoms with Gasteiger partial charge in [0, 0.05) is 10.8 Å². The summed E-state index contributed by atoms with van der Waals surface area (Å²) in [5, 5.41) is 18.6. The number of nitrogens with zero attached hydrogens (tertiary/aromatic N) is 2. The predicted molar refractivity (Wildman–Crippen MR) is 109 cm³/mol. The van der Waals surface area contributed by atoms with Crippen LogP contribution in [0.1, 0.15) is 5.56 Å². The number of phenols is 1. The van der Waals surface area contributed by atoms with Gasteiger partial charge in [-0.05, 0) is 35.5 Å². The van der Waals surface area contributed by atoms with Crippen LogP contribution >= 0.6 is 11.8 Å². The summed E-state index contributed by atoms with van der Waals surface area (Å²) in [6.45, 7) is 0. The monoisotopic (exact) mass is 430 g/mol. The second kappa shape index (κ2) is 7.72. The molecule has 0 amide bonds. The first-order valence-corrected chi connectivity index (χ1v) is 10.9. The average Bonchev–Trinajstić information content (AvgIpc) is 3.20. The summed E-state index contributed by atoms with van der Waals surface area (Å²) >= 11 is 1.13. The molecule has 1 aromatic heterocycles. The predicted octanol–water partition coefficient (Wildman–Crippen LogP) is 3.90. The van der Waals surface area contributed by atoms with Gasteiger partial charge in [-0.1, -0.05) is 36.4 Å². The number of fused-ring (bicyclic) bond motifs is 1. The molecule has 0 atom stereocenters. The Hall–Kier alpha value is -3.11. The lowest BCUT2D eigenvalue weighted by molar-refractivity contribution is 0.469. The summed E-state index contributed by atoms with van der Waals surface area (Å²) in [4.78, 5) is 4.43. The Bertz CT molecular complexity index is 1260. The maximum atomic E-state index is 13.1. The highest BCUT2D eigenvalue weighted by Crippen LogP contribution is 2.41. The van der Waals surface area contributed by atoms with Crippen LogP contribution in [0.3, 0.4) is 0 Å². The Morgan fingerprint density at radius 1 is 1.10 bits per heavy atom. The molecule has 0 aliphatic heterocycles. The van der Waals surface area contributed by atoms with Gasteiger partial charge in [-0.3, -0.25) is 9.82 Å². The van der Waals surface area contributed by atoms with Gasteiger partial charge in [-0.2, -0.15) is 5.10 Å². The normalized spacial score (nSPS) is 11.6. The van der Waals surface area contributed by atoms with E-state index in [4.69, 9.17) is 0 Å². The van der Waals surface area contributed by atoms with Crippen molar-refractivity contribution >= 4 is 38.2 Å². The van der Waals surface area contributed by atoms with Crippen molar-refractivity contribution in [3.8, 4) is 5.75 Å². The average molecular weight is 430 g/mol. The first-order chi connectivity index (χ1) is 13.9. The van der Waals surface area contributed by atoms with Gasteiger partial charge in [-0.15, -0.1) is 0 Å². The lowest BCUT2D eigenvalue weighted by Crippen LogP contribution is -2.15. The minimum Gasteiger partial charge on any atom is -0.506 e. The van der Waals surface area contributed by atoms with Crippen LogP contribution in [0, 0.1) is 5.82 Å². The molecule has 0 bridgehead atoms. The van der Waals surface area contributed by atoms with E-state index in [1.165, 1.54) is 30.6 Å². The third-order valence-electron chi connectivity index (χ3n) is 4.12. The molecular formula is C19H15FN4O3S2. The summed E-state index contributed by atoms with van der Waals surface area (Å²) in [6, 6.07) is 13.8. The number of benzene rings is 3. The largest absolute Gasteiger partial charge is 0.506 e. The number of hydrogen-bond donors (Lipinski definition) is 3. The number of halogens is 1. The number of rotatable bonds is 6. The Morgan fingerprint density at radius 2 is 1.83 bits per heavy atom. The molecule has 0 saturated carbocycles. The summed E-state index contributed by atoms with van der Waals surface area (Å²) in [5.74, 6) is -0.728. The van der Waals surface area contributed by atoms with Crippen molar-refractivity contribution in [1.29, 1.82) is 0 Å². The van der Waals surface area contributed by atoms with Crippen molar-refractivity contribution in [2.24, 2.45) is 0 Å². The number of hydrogen-bond acceptors (Lipinski definition) is 6. The molecular weight excluding hydrogens is 415 g/mol. The summed E-state index contributed by atoms with van der Waals surface area (Å²) in [7, 11) is -3.78. The van der Waals surface area contributed by atoms with Crippen LogP contribution in [0.25, 0.3) is 10.8 Å². The maximum absolute atomic E-state index is 13.1. The van der Waals surface area contributed by atoms with E-state index >= 15 is 0 Å². The fourth-order valence-electron chi connectivity index (χ4n) is 2.85. The van der Waals surface area contributed by atoms with Crippen LogP contribution < -0.4 is 4.72 Å². The van der Waals surface area contributed by atoms with Gasteiger partial charge in [-0.25, -0.2) is 17.8 Å². The Balaban J connectivity index is 1.72. The number of nitrogens with one attached hydrogen (secondary N) is 2. The Labute approximate surface area is 170 Å². The highest BCUT2D eigenvalue weighted by molar-refractivity contribution is 7.99. The third kappa shape index (κ3) is 4.33. The molecule has 0 aliphatic carbocycles. The zero-order chi connectivity index (χ0) is 20.4. The van der Waals surface area contributed by atoms with Gasteiger partial charge in [0.05, 0.1) is 16.3 Å². The van der Waals surface area contributed by atoms with Crippen molar-refractivity contribution in [1.82, 2.24) is 15.2 Å². The number of anilines is 1. The van der Waals surface area contributed by atoms with Gasteiger partial charge in [0.15, 0.2) is 5.16 Å². The van der Waals surface area contributed by atoms with E-state index in [-0.39, 0.29) is 11.5 Å². The lowest BCUT2D eigenvalue weighted by atomic mass is 10.1. The molecule has 0 fully saturated rings. The standard InChI is InChI=1S/C19H15FN4O3S2/c20-13-7-5-12(6-8-13)10-29(26,27)24-16-9-17(28-19-21-11-22-23-19)18(25)15-4-2-1-3-14(15)16/h1-9,11,24-25H,10H2,(H,21,22,23). The maximum Gasteiger partial charge on any atom is 0.236 e. The van der Waals surface area contributed by atoms with Crippen LogP contribution in [0.5, 0.6) is 5.75 Å². The Kier molecular flexibility index (Phi) is 5.12. The van der Waals surface area contributed by atoms with Gasteiger partial charge in [0.25, 0.3) is 0 Å². The quantitative estimate of drug-likeness (QED) is 0.401. The number of phenolic OH excluding ortho intramolecular Hbond substituents is 1. The molecule has 0 radical (unpaired) electrons. The molecule has 4 rings (SSSR count). The second-order valence-corrected chi connectivity index (χ2v) is 8.95. The molecule has 148 valence electrons. The topological polar surface area (TPSA) is 108 Å². The molecule has 29 heavy (non-hydrogen) atoms. The van der Waals surface area contributed by atoms with Crippen molar-refractivity contribution in [2.45, 2.75) is 15.8 Å². The van der Waals surface area contributed by atoms with E-state index in [2.05, 4.69) is 19.9 Å². The molecule has 3 aromatic carbocycles. The van der Waals surface area contributed by atoms with Crippen molar-refractivity contribution in [2.75, 3.05) is 4.72 Å². The number of aromatic hydroxyl groups is 1. The highest BCUT2D eigenvalue weighted by atomic mass is 32.2. The molecule has 0 aliphatic rings. The molecule has 0 saturated heterocycles. The van der Waals surface area contributed by atoms with Crippen molar-refractivity contribution in [3.05, 3.63) is 72.3 Å². The van der Waals surface area contributed by atoms with E-state index < -0.39 is 15.8 Å². The van der Waals surface area contributed by atoms with E-state index in [9.17, 15) is 17.9 Å². The number of aromatic nitrogens is 3. The van der Waals surface area contributed by atoms with Gasteiger partial charge in [0.2, 0.25) is 10.0 Å². The van der Waals surface area contributed by atoms with Crippen LogP contribution in [-0.2, 0) is 15.8 Å². The fourth-order valence-corrected chi connectivity index (χ4v) is 4.85. The highest BCUT2D eigenvalue weighted by Gasteiger charge is 2.18. The van der Waals surface area contributed by atoms with E-state index in [0.29, 0.717) is 32.1 Å². The molecule has 3 N–H and O–H groups in total. The minimum atomic E-state index is -3.78. The van der Waals surface area contributed by atoms with Gasteiger partial charge >= 0.3 is 0 Å². The van der Waals surface area contributed by atoms with E-state index in [0.717, 1.165) is 11.8 Å². The molecule has 0 spiro atoms. The molecule has 10 heteroatoms. The summed E-state index contributed by atoms with van der Waals surface area (Å²) in [6.07, 6.45) is 1.34. The van der Waals surface area contributed by atoms with Gasteiger partial charge in [0.1, 0.15) is 17.9 Å². The van der Waals surface area contributed by atoms with Crippen LogP contribution in [0.15, 0.2) is 71.0 Å². The first-order valence-electron chi connectivity index (χ1n) is 8.44. The van der Waals surface area contributed by atoms with Crippen LogP contribution in [0.2, 0.25) is 0 Å². The minimum absolute atomic E-state index is 0.0171. The van der Waals surface area contributed by atoms with Crippen molar-refractivity contribution in [3.63, 3.8) is 0 Å². The SMILES string of the molecule is O=S(=O)(Cc1ccc(F)cc1)Nc1cc(Sc2ncn[nH]2)c(O)c2ccccc12. The second-order valence-electron chi connectivity index (χ2n) is 6.20. The zero-order valence-corrected chi connectivity index (χ0v) is 16.5. The third-order valence-corrected chi connectivity index (χ3v) is 6.28. The van der Waals surface area contributed by atoms with E-state index in [1.54, 1.807) is 30.3 Å². The van der Waals surface area contributed by atoms with Crippen LogP contribution in [0.4, 0.5) is 10.1 Å². The number of H-pyrrole nitrogens is 1. The first kappa shape index (κ1) is 19.2.